The van der Waals surface area contributed by atoms with Gasteiger partial charge in [0.15, 0.2) is 5.82 Å². The van der Waals surface area contributed by atoms with Crippen molar-refractivity contribution >= 4 is 34.8 Å². The summed E-state index contributed by atoms with van der Waals surface area (Å²) in [6.07, 6.45) is -4.91. The maximum absolute atomic E-state index is 14.2. The van der Waals surface area contributed by atoms with Crippen molar-refractivity contribution in [3.63, 3.8) is 0 Å². The van der Waals surface area contributed by atoms with Crippen LogP contribution in [0.2, 0.25) is 0 Å². The first kappa shape index (κ1) is 30.1. The van der Waals surface area contributed by atoms with E-state index in [1.165, 1.54) is 44.0 Å². The lowest BCUT2D eigenvalue weighted by Gasteiger charge is -2.30. The summed E-state index contributed by atoms with van der Waals surface area (Å²) in [5, 5.41) is 4.89. The highest BCUT2D eigenvalue weighted by Gasteiger charge is 2.38. The number of benzene rings is 2. The fourth-order valence-electron chi connectivity index (χ4n) is 4.17. The zero-order valence-electron chi connectivity index (χ0n) is 22.2. The van der Waals surface area contributed by atoms with Crippen molar-refractivity contribution in [3.8, 4) is 5.75 Å². The molecule has 0 fully saturated rings. The van der Waals surface area contributed by atoms with Gasteiger partial charge in [-0.05, 0) is 68.4 Å². The minimum absolute atomic E-state index is 0.115. The predicted molar refractivity (Wildman–Crippen MR) is 138 cm³/mol. The van der Waals surface area contributed by atoms with Crippen LogP contribution >= 0.6 is 0 Å². The zero-order chi connectivity index (χ0) is 31.0. The van der Waals surface area contributed by atoms with Crippen LogP contribution in [-0.2, 0) is 9.59 Å². The van der Waals surface area contributed by atoms with Crippen molar-refractivity contribution in [2.45, 2.75) is 31.8 Å². The highest BCUT2D eigenvalue weighted by Crippen LogP contribution is 2.38. The van der Waals surface area contributed by atoms with Gasteiger partial charge in [-0.2, -0.15) is 4.39 Å². The molecule has 4 rings (SSSR count). The maximum atomic E-state index is 14.2. The summed E-state index contributed by atoms with van der Waals surface area (Å²) in [5.41, 5.74) is -1.48. The number of nitrogens with zero attached hydrogens (tertiary/aromatic N) is 3. The average Bonchev–Trinajstić information content (AvgIpc) is 3.00. The van der Waals surface area contributed by atoms with E-state index in [4.69, 9.17) is 0 Å². The van der Waals surface area contributed by atoms with Gasteiger partial charge in [0.1, 0.15) is 28.8 Å². The molecule has 1 aliphatic rings. The van der Waals surface area contributed by atoms with Gasteiger partial charge in [0.2, 0.25) is 11.9 Å². The number of anilines is 3. The number of hydrogen-bond acceptors (Lipinski definition) is 6. The molecule has 2 aromatic carbocycles. The van der Waals surface area contributed by atoms with Crippen LogP contribution in [0.5, 0.6) is 5.75 Å². The Balaban J connectivity index is 1.61. The Morgan fingerprint density at radius 1 is 0.976 bits per heavy atom. The molecule has 0 radical (unpaired) electrons. The van der Waals surface area contributed by atoms with Gasteiger partial charge in [0.25, 0.3) is 11.8 Å². The van der Waals surface area contributed by atoms with Gasteiger partial charge in [-0.25, -0.2) is 13.8 Å². The molecule has 2 N–H and O–H groups in total. The Labute approximate surface area is 235 Å². The second kappa shape index (κ2) is 11.2. The summed E-state index contributed by atoms with van der Waals surface area (Å²) in [6.45, 7) is 2.35. The molecular formula is C27H23F6N5O4. The number of halogens is 6. The van der Waals surface area contributed by atoms with Crippen molar-refractivity contribution < 1.29 is 45.5 Å². The van der Waals surface area contributed by atoms with Crippen LogP contribution < -0.4 is 25.2 Å². The van der Waals surface area contributed by atoms with Gasteiger partial charge in [0, 0.05) is 12.7 Å². The highest BCUT2D eigenvalue weighted by molar-refractivity contribution is 6.05. The minimum Gasteiger partial charge on any atom is -0.406 e. The third-order valence-corrected chi connectivity index (χ3v) is 6.30. The van der Waals surface area contributed by atoms with Gasteiger partial charge >= 0.3 is 6.36 Å². The second-order valence-electron chi connectivity index (χ2n) is 9.76. The molecule has 2 heterocycles. The van der Waals surface area contributed by atoms with Gasteiger partial charge in [-0.1, -0.05) is 0 Å². The van der Waals surface area contributed by atoms with Crippen molar-refractivity contribution in [1.29, 1.82) is 0 Å². The fourth-order valence-corrected chi connectivity index (χ4v) is 4.17. The third kappa shape index (κ3) is 6.56. The SMILES string of the molecule is CN1C(=O)C(NC(=O)C(C)(C)NC(=O)c2ccc(F)c(F)n2)CN(c2ccc(OC(F)(F)F)cc2)c2ccc(F)cc21. The lowest BCUT2D eigenvalue weighted by atomic mass is 10.0. The van der Waals surface area contributed by atoms with E-state index >= 15 is 0 Å². The lowest BCUT2D eigenvalue weighted by molar-refractivity contribution is -0.274. The second-order valence-corrected chi connectivity index (χ2v) is 9.76. The quantitative estimate of drug-likeness (QED) is 0.327. The molecule has 0 bridgehead atoms. The number of aromatic nitrogens is 1. The van der Waals surface area contributed by atoms with Crippen LogP contribution in [0, 0.1) is 17.6 Å². The molecule has 1 atom stereocenters. The molecule has 0 saturated heterocycles. The monoisotopic (exact) mass is 595 g/mol. The Hall–Kier alpha value is -4.82. The van der Waals surface area contributed by atoms with Crippen molar-refractivity contribution in [3.05, 3.63) is 77.9 Å². The van der Waals surface area contributed by atoms with Crippen LogP contribution in [0.1, 0.15) is 24.3 Å². The molecule has 9 nitrogen and oxygen atoms in total. The van der Waals surface area contributed by atoms with Crippen LogP contribution in [0.4, 0.5) is 43.4 Å². The number of nitrogens with one attached hydrogen (secondary N) is 2. The molecule has 0 saturated carbocycles. The Kier molecular flexibility index (Phi) is 8.05. The number of amides is 3. The molecule has 1 unspecified atom stereocenters. The molecule has 222 valence electrons. The Bertz CT molecular complexity index is 1530. The largest absolute Gasteiger partial charge is 0.573 e. The number of rotatable bonds is 6. The average molecular weight is 596 g/mol. The maximum Gasteiger partial charge on any atom is 0.573 e. The van der Waals surface area contributed by atoms with Gasteiger partial charge < -0.3 is 25.2 Å². The molecule has 42 heavy (non-hydrogen) atoms. The summed E-state index contributed by atoms with van der Waals surface area (Å²) in [6, 6.07) is 8.61. The van der Waals surface area contributed by atoms with E-state index < -0.39 is 64.7 Å². The normalized spacial score (nSPS) is 15.5. The predicted octanol–water partition coefficient (Wildman–Crippen LogP) is 4.21. The molecule has 15 heteroatoms. The van der Waals surface area contributed by atoms with E-state index in [0.29, 0.717) is 11.8 Å². The van der Waals surface area contributed by atoms with E-state index in [0.717, 1.165) is 35.2 Å². The van der Waals surface area contributed by atoms with Crippen LogP contribution in [-0.4, -0.2) is 54.2 Å². The zero-order valence-corrected chi connectivity index (χ0v) is 22.2. The molecule has 0 spiro atoms. The summed E-state index contributed by atoms with van der Waals surface area (Å²) in [7, 11) is 1.35. The number of carbonyl (C=O) groups excluding carboxylic acids is 3. The molecule has 0 aliphatic carbocycles. The molecular weight excluding hydrogens is 572 g/mol. The van der Waals surface area contributed by atoms with E-state index in [1.54, 1.807) is 0 Å². The fraction of sp³-hybridized carbons (Fsp3) is 0.259. The number of hydrogen-bond donors (Lipinski definition) is 2. The van der Waals surface area contributed by atoms with Crippen molar-refractivity contribution in [1.82, 2.24) is 15.6 Å². The smallest absolute Gasteiger partial charge is 0.406 e. The van der Waals surface area contributed by atoms with E-state index in [-0.39, 0.29) is 17.9 Å². The van der Waals surface area contributed by atoms with E-state index in [2.05, 4.69) is 20.4 Å². The van der Waals surface area contributed by atoms with E-state index in [1.807, 2.05) is 0 Å². The Morgan fingerprint density at radius 2 is 1.64 bits per heavy atom. The Morgan fingerprint density at radius 3 is 2.26 bits per heavy atom. The van der Waals surface area contributed by atoms with Crippen molar-refractivity contribution in [2.24, 2.45) is 0 Å². The van der Waals surface area contributed by atoms with Gasteiger partial charge in [-0.3, -0.25) is 14.4 Å². The molecule has 1 aliphatic heterocycles. The number of fused-ring (bicyclic) bond motifs is 1. The van der Waals surface area contributed by atoms with Crippen LogP contribution in [0.3, 0.4) is 0 Å². The number of ether oxygens (including phenoxy) is 1. The summed E-state index contributed by atoms with van der Waals surface area (Å²) >= 11 is 0. The number of likely N-dealkylation sites (N-methyl/N-ethyl adjacent to an activating group) is 1. The highest BCUT2D eigenvalue weighted by atomic mass is 19.4. The molecule has 1 aromatic heterocycles. The standard InChI is InChI=1S/C27H23F6N5O4/c1-26(2,36-23(39)18-10-9-17(29)22(30)34-18)25(41)35-19-13-38(15-5-7-16(8-6-15)42-27(31,32)33)20-11-4-14(28)12-21(20)37(3)24(19)40/h4-12,19H,13H2,1-3H3,(H,35,41)(H,36,39). The third-order valence-electron chi connectivity index (χ3n) is 6.30. The number of alkyl halides is 3. The first-order chi connectivity index (χ1) is 19.6. The van der Waals surface area contributed by atoms with Crippen LogP contribution in [0.15, 0.2) is 54.6 Å². The van der Waals surface area contributed by atoms with Crippen LogP contribution in [0.25, 0.3) is 0 Å². The van der Waals surface area contributed by atoms with Gasteiger partial charge in [-0.15, -0.1) is 13.2 Å². The van der Waals surface area contributed by atoms with Crippen molar-refractivity contribution in [2.75, 3.05) is 23.4 Å². The summed E-state index contributed by atoms with van der Waals surface area (Å²) in [4.78, 5) is 45.1. The minimum atomic E-state index is -4.91. The lowest BCUT2D eigenvalue weighted by Crippen LogP contribution is -2.60. The number of carbonyl (C=O) groups is 3. The summed E-state index contributed by atoms with van der Waals surface area (Å²) < 4.78 is 82.7. The van der Waals surface area contributed by atoms with E-state index in [9.17, 15) is 40.7 Å². The first-order valence-corrected chi connectivity index (χ1v) is 12.2. The summed E-state index contributed by atoms with van der Waals surface area (Å²) in [5.74, 6) is -6.45. The first-order valence-electron chi connectivity index (χ1n) is 12.2. The molecule has 3 aromatic rings. The number of pyridine rings is 1. The molecule has 3 amide bonds. The topological polar surface area (TPSA) is 104 Å². The van der Waals surface area contributed by atoms with Gasteiger partial charge in [0.05, 0.1) is 17.9 Å².